The van der Waals surface area contributed by atoms with Crippen LogP contribution in [0.15, 0.2) is 41.4 Å². The number of nitrogens with zero attached hydrogens (tertiary/aromatic N) is 4. The van der Waals surface area contributed by atoms with Crippen molar-refractivity contribution in [1.82, 2.24) is 14.8 Å². The number of benzene rings is 2. The van der Waals surface area contributed by atoms with Gasteiger partial charge >= 0.3 is 0 Å². The molecule has 0 amide bonds. The predicted octanol–water partition coefficient (Wildman–Crippen LogP) is 6.19. The van der Waals surface area contributed by atoms with E-state index in [2.05, 4.69) is 14.9 Å². The van der Waals surface area contributed by atoms with Crippen LogP contribution in [-0.4, -0.2) is 29.2 Å². The van der Waals surface area contributed by atoms with Crippen molar-refractivity contribution < 1.29 is 21.6 Å². The largest absolute Gasteiger partial charge is 0.383 e. The summed E-state index contributed by atoms with van der Waals surface area (Å²) in [5.41, 5.74) is 13.3. The van der Waals surface area contributed by atoms with Gasteiger partial charge in [-0.1, -0.05) is 6.07 Å². The molecule has 0 unspecified atom stereocenters. The van der Waals surface area contributed by atoms with Crippen molar-refractivity contribution in [2.24, 2.45) is 5.73 Å². The van der Waals surface area contributed by atoms with Gasteiger partial charge < -0.3 is 11.5 Å². The summed E-state index contributed by atoms with van der Waals surface area (Å²) < 4.78 is 73.0. The second-order valence-electron chi connectivity index (χ2n) is 10.7. The van der Waals surface area contributed by atoms with Crippen molar-refractivity contribution in [2.45, 2.75) is 68.2 Å². The Balaban J connectivity index is 1.61. The van der Waals surface area contributed by atoms with Crippen LogP contribution in [0.25, 0.3) is 27.0 Å². The number of pyridine rings is 1. The van der Waals surface area contributed by atoms with Crippen LogP contribution < -0.4 is 11.5 Å². The quantitative estimate of drug-likeness (QED) is 0.262. The minimum Gasteiger partial charge on any atom is -0.383 e. The average molecular weight is 583 g/mol. The summed E-state index contributed by atoms with van der Waals surface area (Å²) in [5, 5.41) is 5.04. The summed E-state index contributed by atoms with van der Waals surface area (Å²) in [5.74, 6) is -3.76. The number of nitrogen functional groups attached to an aromatic ring is 1. The molecule has 1 fully saturated rings. The maximum Gasteiger partial charge on any atom is 0.188 e. The molecule has 2 heterocycles. The van der Waals surface area contributed by atoms with Crippen LogP contribution in [0.4, 0.5) is 24.7 Å². The molecule has 1 aliphatic carbocycles. The van der Waals surface area contributed by atoms with Crippen LogP contribution in [-0.2, 0) is 15.6 Å². The molecule has 12 heteroatoms. The fraction of sp³-hybridized carbons (Fsp3) is 0.345. The Morgan fingerprint density at radius 3 is 2.44 bits per heavy atom. The highest BCUT2D eigenvalue weighted by Gasteiger charge is 2.29. The van der Waals surface area contributed by atoms with Gasteiger partial charge in [-0.05, 0) is 75.3 Å². The number of rotatable bonds is 6. The van der Waals surface area contributed by atoms with Crippen LogP contribution in [0, 0.1) is 24.0 Å². The molecular weight excluding hydrogens is 553 g/mol. The lowest BCUT2D eigenvalue weighted by Gasteiger charge is -2.27. The normalized spacial score (nSPS) is 17.7. The zero-order chi connectivity index (χ0) is 29.6. The van der Waals surface area contributed by atoms with E-state index in [0.29, 0.717) is 10.9 Å². The van der Waals surface area contributed by atoms with E-state index in [0.717, 1.165) is 61.6 Å². The highest BCUT2D eigenvalue weighted by atomic mass is 32.2. The van der Waals surface area contributed by atoms with Gasteiger partial charge in [-0.3, -0.25) is 4.68 Å². The van der Waals surface area contributed by atoms with Gasteiger partial charge in [-0.15, -0.1) is 0 Å². The van der Waals surface area contributed by atoms with Crippen molar-refractivity contribution in [2.75, 3.05) is 5.73 Å². The first-order valence-electron chi connectivity index (χ1n) is 13.2. The predicted molar refractivity (Wildman–Crippen MR) is 150 cm³/mol. The average Bonchev–Trinajstić information content (AvgIpc) is 3.33. The minimum atomic E-state index is -4.45. The molecule has 214 valence electrons. The SMILES string of the molecule is [C-]#[N+]c1ccc(F)c(S(=O)(=O)Cc2cc(F)c(-c3nn(C(C)C)c4c(C5CCC(N)CC5)cnc(N)c34)cc2F)c1. The van der Waals surface area contributed by atoms with E-state index < -0.39 is 43.5 Å². The number of aromatic nitrogens is 3. The molecule has 8 nitrogen and oxygen atoms in total. The monoisotopic (exact) mass is 582 g/mol. The highest BCUT2D eigenvalue weighted by molar-refractivity contribution is 7.90. The third-order valence-electron chi connectivity index (χ3n) is 7.60. The molecule has 1 saturated carbocycles. The molecule has 4 N–H and O–H groups in total. The number of hydrogen-bond donors (Lipinski definition) is 2. The fourth-order valence-corrected chi connectivity index (χ4v) is 6.92. The van der Waals surface area contributed by atoms with E-state index in [9.17, 15) is 12.8 Å². The lowest BCUT2D eigenvalue weighted by Crippen LogP contribution is -2.26. The zero-order valence-corrected chi connectivity index (χ0v) is 23.4. The van der Waals surface area contributed by atoms with Crippen molar-refractivity contribution in [3.63, 3.8) is 0 Å². The molecule has 2 aromatic heterocycles. The van der Waals surface area contributed by atoms with Gasteiger partial charge in [0, 0.05) is 29.4 Å². The first-order valence-corrected chi connectivity index (χ1v) is 14.9. The summed E-state index contributed by atoms with van der Waals surface area (Å²) >= 11 is 0. The number of nitrogens with two attached hydrogens (primary N) is 2. The van der Waals surface area contributed by atoms with E-state index in [-0.39, 0.29) is 40.8 Å². The third-order valence-corrected chi connectivity index (χ3v) is 9.27. The van der Waals surface area contributed by atoms with Gasteiger partial charge in [0.2, 0.25) is 0 Å². The molecule has 0 atom stereocenters. The molecular formula is C29H29F3N6O2S. The number of fused-ring (bicyclic) bond motifs is 1. The Morgan fingerprint density at radius 1 is 1.07 bits per heavy atom. The van der Waals surface area contributed by atoms with E-state index in [1.54, 1.807) is 10.9 Å². The smallest absolute Gasteiger partial charge is 0.188 e. The first kappa shape index (κ1) is 28.6. The molecule has 1 aliphatic rings. The van der Waals surface area contributed by atoms with Crippen LogP contribution in [0.5, 0.6) is 0 Å². The zero-order valence-electron chi connectivity index (χ0n) is 22.5. The maximum atomic E-state index is 15.7. The summed E-state index contributed by atoms with van der Waals surface area (Å²) in [6, 6.07) is 4.51. The maximum absolute atomic E-state index is 15.7. The number of hydrogen-bond acceptors (Lipinski definition) is 6. The van der Waals surface area contributed by atoms with E-state index in [1.165, 1.54) is 0 Å². The van der Waals surface area contributed by atoms with Gasteiger partial charge in [0.25, 0.3) is 0 Å². The minimum absolute atomic E-state index is 0.0923. The molecule has 0 radical (unpaired) electrons. The first-order chi connectivity index (χ1) is 19.4. The van der Waals surface area contributed by atoms with Gasteiger partial charge in [-0.25, -0.2) is 31.4 Å². The van der Waals surface area contributed by atoms with Crippen LogP contribution in [0.1, 0.15) is 62.6 Å². The Hall–Kier alpha value is -3.95. The van der Waals surface area contributed by atoms with Crippen LogP contribution in [0.3, 0.4) is 0 Å². The Labute approximate surface area is 235 Å². The number of halogens is 3. The summed E-state index contributed by atoms with van der Waals surface area (Å²) in [6.07, 6.45) is 5.14. The number of sulfone groups is 1. The summed E-state index contributed by atoms with van der Waals surface area (Å²) in [4.78, 5) is 6.73. The van der Waals surface area contributed by atoms with Crippen molar-refractivity contribution in [3.05, 3.63) is 76.5 Å². The highest BCUT2D eigenvalue weighted by Crippen LogP contribution is 2.42. The second kappa shape index (κ2) is 10.8. The molecule has 0 aliphatic heterocycles. The lowest BCUT2D eigenvalue weighted by molar-refractivity contribution is 0.395. The second-order valence-corrected chi connectivity index (χ2v) is 12.7. The molecule has 5 rings (SSSR count). The molecule has 0 bridgehead atoms. The third kappa shape index (κ3) is 5.27. The number of anilines is 1. The van der Waals surface area contributed by atoms with Crippen molar-refractivity contribution in [1.29, 1.82) is 0 Å². The van der Waals surface area contributed by atoms with Crippen LogP contribution in [0.2, 0.25) is 0 Å². The molecule has 0 spiro atoms. The van der Waals surface area contributed by atoms with E-state index >= 15 is 8.78 Å². The Kier molecular flexibility index (Phi) is 7.52. The molecule has 2 aromatic carbocycles. The van der Waals surface area contributed by atoms with Gasteiger partial charge in [0.15, 0.2) is 15.5 Å². The summed E-state index contributed by atoms with van der Waals surface area (Å²) in [7, 11) is -4.45. The van der Waals surface area contributed by atoms with Gasteiger partial charge in [-0.2, -0.15) is 5.10 Å². The van der Waals surface area contributed by atoms with Gasteiger partial charge in [0.05, 0.1) is 28.1 Å². The topological polar surface area (TPSA) is 121 Å². The Morgan fingerprint density at radius 2 is 1.78 bits per heavy atom. The molecule has 41 heavy (non-hydrogen) atoms. The van der Waals surface area contributed by atoms with Crippen molar-refractivity contribution >= 4 is 32.2 Å². The molecule has 0 saturated heterocycles. The van der Waals surface area contributed by atoms with E-state index in [1.807, 2.05) is 13.8 Å². The molecule has 4 aromatic rings. The Bertz CT molecular complexity index is 1810. The van der Waals surface area contributed by atoms with Crippen LogP contribution >= 0.6 is 0 Å². The van der Waals surface area contributed by atoms with Crippen molar-refractivity contribution in [3.8, 4) is 11.3 Å². The standard InChI is InChI=1S/C29H29F3N6O2S/c1-15(2)38-28-21(16-4-6-18(33)7-5-16)13-36-29(34)26(28)27(37-38)20-12-23(31)17(10-24(20)32)14-41(39,40)25-11-19(35-3)8-9-22(25)30/h8-13,15-16,18H,4-7,14,33H2,1-2H3,(H2,34,36). The lowest BCUT2D eigenvalue weighted by atomic mass is 9.82. The van der Waals surface area contributed by atoms with E-state index in [4.69, 9.17) is 18.0 Å². The van der Waals surface area contributed by atoms with Gasteiger partial charge in [0.1, 0.15) is 29.0 Å². The summed E-state index contributed by atoms with van der Waals surface area (Å²) in [6.45, 7) is 10.9. The fourth-order valence-electron chi connectivity index (χ4n) is 5.47.